The summed E-state index contributed by atoms with van der Waals surface area (Å²) in [4.78, 5) is 33.6. The summed E-state index contributed by atoms with van der Waals surface area (Å²) in [5.74, 6) is -1.07. The lowest BCUT2D eigenvalue weighted by molar-refractivity contribution is -0.146. The molecule has 1 aliphatic heterocycles. The van der Waals surface area contributed by atoms with Crippen LogP contribution in [0.2, 0.25) is 0 Å². The molecule has 0 fully saturated rings. The minimum atomic E-state index is -0.560. The third-order valence-electron chi connectivity index (χ3n) is 6.68. The van der Waals surface area contributed by atoms with Gasteiger partial charge >= 0.3 is 5.97 Å². The fourth-order valence-electron chi connectivity index (χ4n) is 5.00. The maximum Gasteiger partial charge on any atom is 0.315 e. The highest BCUT2D eigenvalue weighted by molar-refractivity contribution is 6.09. The number of unbranched alkanes of at least 4 members (excludes halogenated alkanes) is 1. The Morgan fingerprint density at radius 1 is 1.12 bits per heavy atom. The molecule has 3 rings (SSSR count). The second-order valence-corrected chi connectivity index (χ2v) is 9.79. The molecule has 2 atom stereocenters. The summed E-state index contributed by atoms with van der Waals surface area (Å²) in [5.41, 5.74) is 4.31. The number of allylic oxidation sites excluding steroid dienone is 2. The van der Waals surface area contributed by atoms with Gasteiger partial charge in [-0.15, -0.1) is 0 Å². The van der Waals surface area contributed by atoms with Gasteiger partial charge in [0.2, 0.25) is 0 Å². The highest BCUT2D eigenvalue weighted by Crippen LogP contribution is 2.48. The predicted molar refractivity (Wildman–Crippen MR) is 130 cm³/mol. The number of hydrogen-bond acceptors (Lipinski definition) is 5. The first-order valence-electron chi connectivity index (χ1n) is 12.0. The first kappa shape index (κ1) is 24.2. The summed E-state index contributed by atoms with van der Waals surface area (Å²) >= 11 is 0. The molecule has 1 aromatic carbocycles. The lowest BCUT2D eigenvalue weighted by atomic mass is 9.67. The summed E-state index contributed by atoms with van der Waals surface area (Å²) in [5, 5.41) is 0. The van der Waals surface area contributed by atoms with Crippen LogP contribution in [0.1, 0.15) is 78.7 Å². The van der Waals surface area contributed by atoms with E-state index in [1.54, 1.807) is 0 Å². The molecule has 0 amide bonds. The van der Waals surface area contributed by atoms with Crippen LogP contribution in [-0.2, 0) is 14.3 Å². The molecule has 5 heteroatoms. The number of nitrogens with zero attached hydrogens (tertiary/aromatic N) is 2. The van der Waals surface area contributed by atoms with Crippen LogP contribution < -0.4 is 4.90 Å². The second kappa shape index (κ2) is 10.0. The van der Waals surface area contributed by atoms with E-state index in [1.165, 1.54) is 0 Å². The molecule has 1 aromatic rings. The number of hydrogen-bond donors (Lipinski definition) is 0. The molecule has 0 saturated heterocycles. The van der Waals surface area contributed by atoms with Gasteiger partial charge in [0.05, 0.1) is 6.61 Å². The number of anilines is 1. The number of aliphatic imine (C=N–C) groups is 1. The molecule has 0 spiro atoms. The number of esters is 1. The van der Waals surface area contributed by atoms with Crippen LogP contribution in [0.25, 0.3) is 0 Å². The number of ether oxygens (including phenoxy) is 1. The monoisotopic (exact) mass is 438 g/mol. The SMILES string of the molecule is CCCCOC(=O)C1C(C)=NC2=C(C(=O)CC(C)(C)C2)[C@@H]1c1ccc(N(CC)CC)cc1. The zero-order valence-electron chi connectivity index (χ0n) is 20.5. The molecule has 0 N–H and O–H groups in total. The standard InChI is InChI=1S/C27H38N2O3/c1-7-10-15-32-26(31)23-18(4)28-21-16-27(5,6)17-22(30)25(21)24(23)19-11-13-20(14-12-19)29(8-2)9-3/h11-14,23-24H,7-10,15-17H2,1-6H3/t23?,24-/m1/s1. The molecular formula is C27H38N2O3. The molecular weight excluding hydrogens is 400 g/mol. The maximum atomic E-state index is 13.3. The zero-order valence-corrected chi connectivity index (χ0v) is 20.5. The minimum absolute atomic E-state index is 0.108. The van der Waals surface area contributed by atoms with Crippen LogP contribution in [0.15, 0.2) is 40.5 Å². The van der Waals surface area contributed by atoms with Crippen molar-refractivity contribution in [3.05, 3.63) is 41.1 Å². The van der Waals surface area contributed by atoms with E-state index in [9.17, 15) is 9.59 Å². The van der Waals surface area contributed by atoms with E-state index >= 15 is 0 Å². The first-order chi connectivity index (χ1) is 15.2. The number of carbonyl (C=O) groups is 2. The lowest BCUT2D eigenvalue weighted by Gasteiger charge is -2.39. The van der Waals surface area contributed by atoms with Crippen molar-refractivity contribution in [1.82, 2.24) is 0 Å². The Labute approximate surface area is 192 Å². The number of benzene rings is 1. The largest absolute Gasteiger partial charge is 0.465 e. The van der Waals surface area contributed by atoms with Gasteiger partial charge in [0.25, 0.3) is 0 Å². The Bertz CT molecular complexity index is 907. The fraction of sp³-hybridized carbons (Fsp3) is 0.593. The molecule has 0 radical (unpaired) electrons. The van der Waals surface area contributed by atoms with E-state index in [2.05, 4.69) is 63.8 Å². The van der Waals surface area contributed by atoms with Crippen molar-refractivity contribution in [1.29, 1.82) is 0 Å². The number of ketones is 1. The Balaban J connectivity index is 2.05. The van der Waals surface area contributed by atoms with E-state index < -0.39 is 5.92 Å². The molecule has 0 aromatic heterocycles. The Morgan fingerprint density at radius 3 is 2.38 bits per heavy atom. The van der Waals surface area contributed by atoms with Crippen LogP contribution >= 0.6 is 0 Å². The van der Waals surface area contributed by atoms with E-state index in [0.717, 1.165) is 55.0 Å². The maximum absolute atomic E-state index is 13.3. The van der Waals surface area contributed by atoms with Crippen LogP contribution in [0, 0.1) is 11.3 Å². The summed E-state index contributed by atoms with van der Waals surface area (Å²) in [7, 11) is 0. The van der Waals surface area contributed by atoms with Gasteiger partial charge in [-0.2, -0.15) is 0 Å². The van der Waals surface area contributed by atoms with Gasteiger partial charge in [-0.3, -0.25) is 14.6 Å². The van der Waals surface area contributed by atoms with Gasteiger partial charge in [0.15, 0.2) is 5.78 Å². The summed E-state index contributed by atoms with van der Waals surface area (Å²) in [6.45, 7) is 14.7. The molecule has 32 heavy (non-hydrogen) atoms. The topological polar surface area (TPSA) is 59.0 Å². The molecule has 0 saturated carbocycles. The Kier molecular flexibility index (Phi) is 7.58. The quantitative estimate of drug-likeness (QED) is 0.386. The summed E-state index contributed by atoms with van der Waals surface area (Å²) in [6.07, 6.45) is 3.02. The molecule has 1 aliphatic carbocycles. The van der Waals surface area contributed by atoms with Gasteiger partial charge in [0.1, 0.15) is 5.92 Å². The number of Topliss-reactive ketones (excluding diaryl/α,β-unsaturated/α-hetero) is 1. The molecule has 0 bridgehead atoms. The minimum Gasteiger partial charge on any atom is -0.465 e. The molecule has 5 nitrogen and oxygen atoms in total. The Hall–Kier alpha value is -2.43. The normalized spacial score (nSPS) is 22.3. The molecule has 1 unspecified atom stereocenters. The average molecular weight is 439 g/mol. The Morgan fingerprint density at radius 2 is 1.78 bits per heavy atom. The third kappa shape index (κ3) is 4.97. The highest BCUT2D eigenvalue weighted by atomic mass is 16.5. The van der Waals surface area contributed by atoms with Crippen LogP contribution in [-0.4, -0.2) is 37.2 Å². The van der Waals surface area contributed by atoms with Gasteiger partial charge in [-0.25, -0.2) is 0 Å². The fourth-order valence-corrected chi connectivity index (χ4v) is 5.00. The van der Waals surface area contributed by atoms with E-state index in [-0.39, 0.29) is 23.1 Å². The van der Waals surface area contributed by atoms with Crippen LogP contribution in [0.3, 0.4) is 0 Å². The summed E-state index contributed by atoms with van der Waals surface area (Å²) < 4.78 is 5.63. The smallest absolute Gasteiger partial charge is 0.315 e. The molecule has 174 valence electrons. The van der Waals surface area contributed by atoms with E-state index in [1.807, 2.05) is 6.92 Å². The van der Waals surface area contributed by atoms with Crippen molar-refractivity contribution in [3.63, 3.8) is 0 Å². The lowest BCUT2D eigenvalue weighted by Crippen LogP contribution is -2.39. The average Bonchev–Trinajstić information content (AvgIpc) is 2.73. The van der Waals surface area contributed by atoms with Crippen molar-refractivity contribution >= 4 is 23.2 Å². The van der Waals surface area contributed by atoms with Crippen molar-refractivity contribution in [2.75, 3.05) is 24.6 Å². The van der Waals surface area contributed by atoms with Crippen molar-refractivity contribution in [2.45, 2.75) is 73.1 Å². The molecule has 2 aliphatic rings. The van der Waals surface area contributed by atoms with Crippen molar-refractivity contribution in [3.8, 4) is 0 Å². The zero-order chi connectivity index (χ0) is 23.5. The number of rotatable bonds is 8. The summed E-state index contributed by atoms with van der Waals surface area (Å²) in [6, 6.07) is 8.34. The van der Waals surface area contributed by atoms with Gasteiger partial charge in [0, 0.05) is 48.1 Å². The highest BCUT2D eigenvalue weighted by Gasteiger charge is 2.46. The van der Waals surface area contributed by atoms with Gasteiger partial charge in [-0.05, 0) is 56.7 Å². The molecule has 1 heterocycles. The number of carbonyl (C=O) groups excluding carboxylic acids is 2. The van der Waals surface area contributed by atoms with Crippen molar-refractivity contribution < 1.29 is 14.3 Å². The van der Waals surface area contributed by atoms with E-state index in [0.29, 0.717) is 18.6 Å². The van der Waals surface area contributed by atoms with Crippen LogP contribution in [0.4, 0.5) is 5.69 Å². The van der Waals surface area contributed by atoms with Gasteiger partial charge < -0.3 is 9.64 Å². The first-order valence-corrected chi connectivity index (χ1v) is 12.0. The predicted octanol–water partition coefficient (Wildman–Crippen LogP) is 5.69. The van der Waals surface area contributed by atoms with Gasteiger partial charge in [-0.1, -0.05) is 39.3 Å². The van der Waals surface area contributed by atoms with E-state index in [4.69, 9.17) is 9.73 Å². The van der Waals surface area contributed by atoms with Crippen molar-refractivity contribution in [2.24, 2.45) is 16.3 Å². The van der Waals surface area contributed by atoms with Crippen LogP contribution in [0.5, 0.6) is 0 Å². The second-order valence-electron chi connectivity index (χ2n) is 9.79. The third-order valence-corrected chi connectivity index (χ3v) is 6.68.